The maximum absolute atomic E-state index is 15.2. The number of fused-ring (bicyclic) bond motifs is 6. The number of halogens is 6. The normalized spacial score (nSPS) is 34.6. The van der Waals surface area contributed by atoms with E-state index in [2.05, 4.69) is 10.3 Å². The minimum atomic E-state index is -5.80. The summed E-state index contributed by atoms with van der Waals surface area (Å²) in [6.07, 6.45) is -5.18. The second kappa shape index (κ2) is 10.9. The van der Waals surface area contributed by atoms with Gasteiger partial charge in [0.25, 0.3) is 11.8 Å². The van der Waals surface area contributed by atoms with Crippen molar-refractivity contribution in [3.63, 3.8) is 0 Å². The number of amides is 4. The molecule has 11 nitrogen and oxygen atoms in total. The van der Waals surface area contributed by atoms with Crippen LogP contribution >= 0.6 is 11.6 Å². The molecular weight excluding hydrogens is 655 g/mol. The van der Waals surface area contributed by atoms with Gasteiger partial charge < -0.3 is 25.2 Å². The molecule has 10 unspecified atom stereocenters. The number of nitrogens with one attached hydrogen (secondary N) is 2. The standard InChI is InChI=1S/C30H32ClF5N6O5/c1-27(2,3)21(39-26(46)29(31,33)30(34,35)36)24(44)41-11-16-13-7-15(17(32)8-13)19(16)20(41)23(43)42-12-28(9-14(42)10-37)25(45)40-22-18(47-28)5-4-6-38-22/h4-6,13-17,19-21H,7-9,11-12H2,1-3H3,(H,39,46)(H,38,40,45). The number of alkyl halides is 6. The molecule has 47 heavy (non-hydrogen) atoms. The number of ether oxygens (including phenoxy) is 1. The molecule has 10 atom stereocenters. The Hall–Kier alpha value is -3.74. The highest BCUT2D eigenvalue weighted by Gasteiger charge is 2.66. The van der Waals surface area contributed by atoms with E-state index in [0.717, 1.165) is 9.80 Å². The van der Waals surface area contributed by atoms with Crippen molar-refractivity contribution in [1.29, 1.82) is 5.26 Å². The monoisotopic (exact) mass is 686 g/mol. The van der Waals surface area contributed by atoms with Gasteiger partial charge in [-0.15, -0.1) is 0 Å². The van der Waals surface area contributed by atoms with E-state index >= 15 is 4.39 Å². The zero-order valence-electron chi connectivity index (χ0n) is 25.5. The molecule has 1 aromatic heterocycles. The molecule has 2 saturated carbocycles. The van der Waals surface area contributed by atoms with E-state index < -0.39 is 88.6 Å². The minimum absolute atomic E-state index is 0.0800. The predicted octanol–water partition coefficient (Wildman–Crippen LogP) is 3.09. The van der Waals surface area contributed by atoms with Crippen molar-refractivity contribution in [2.75, 3.05) is 18.4 Å². The van der Waals surface area contributed by atoms with Crippen LogP contribution in [-0.4, -0.2) is 92.7 Å². The molecule has 2 bridgehead atoms. The minimum Gasteiger partial charge on any atom is -0.472 e. The smallest absolute Gasteiger partial charge is 0.446 e. The maximum Gasteiger partial charge on any atom is 0.446 e. The van der Waals surface area contributed by atoms with Gasteiger partial charge in [-0.2, -0.15) is 18.4 Å². The van der Waals surface area contributed by atoms with Gasteiger partial charge in [0.15, 0.2) is 11.6 Å². The summed E-state index contributed by atoms with van der Waals surface area (Å²) in [7, 11) is 0. The van der Waals surface area contributed by atoms with Crippen LogP contribution in [0.1, 0.15) is 40.0 Å². The number of nitrogens with zero attached hydrogens (tertiary/aromatic N) is 4. The van der Waals surface area contributed by atoms with Crippen molar-refractivity contribution < 1.29 is 45.9 Å². The molecule has 0 aromatic carbocycles. The Morgan fingerprint density at radius 2 is 1.89 bits per heavy atom. The highest BCUT2D eigenvalue weighted by atomic mass is 35.5. The molecule has 254 valence electrons. The zero-order chi connectivity index (χ0) is 34.4. The van der Waals surface area contributed by atoms with E-state index in [0.29, 0.717) is 6.42 Å². The van der Waals surface area contributed by atoms with Gasteiger partial charge in [-0.1, -0.05) is 32.4 Å². The fourth-order valence-corrected chi connectivity index (χ4v) is 8.14. The van der Waals surface area contributed by atoms with Crippen LogP contribution in [0.15, 0.2) is 18.3 Å². The number of hydrogen-bond donors (Lipinski definition) is 2. The van der Waals surface area contributed by atoms with Crippen LogP contribution in [0.5, 0.6) is 5.75 Å². The number of pyridine rings is 1. The highest BCUT2D eigenvalue weighted by molar-refractivity contribution is 6.34. The van der Waals surface area contributed by atoms with Crippen molar-refractivity contribution in [3.8, 4) is 11.8 Å². The lowest BCUT2D eigenvalue weighted by molar-refractivity contribution is -0.201. The average molecular weight is 687 g/mol. The van der Waals surface area contributed by atoms with Gasteiger partial charge >= 0.3 is 11.3 Å². The summed E-state index contributed by atoms with van der Waals surface area (Å²) in [6.45, 7) is 3.80. The zero-order valence-corrected chi connectivity index (χ0v) is 26.2. The van der Waals surface area contributed by atoms with Crippen LogP contribution in [0.4, 0.5) is 27.8 Å². The third-order valence-electron chi connectivity index (χ3n) is 10.3. The largest absolute Gasteiger partial charge is 0.472 e. The first kappa shape index (κ1) is 33.2. The molecule has 2 N–H and O–H groups in total. The van der Waals surface area contributed by atoms with Gasteiger partial charge in [0, 0.05) is 19.2 Å². The lowest BCUT2D eigenvalue weighted by Crippen LogP contribution is -2.62. The Morgan fingerprint density at radius 1 is 1.19 bits per heavy atom. The molecule has 4 heterocycles. The van der Waals surface area contributed by atoms with Crippen LogP contribution < -0.4 is 15.4 Å². The molecule has 1 aromatic rings. The quantitative estimate of drug-likeness (QED) is 0.366. The summed E-state index contributed by atoms with van der Waals surface area (Å²) in [5.41, 5.74) is -2.98. The van der Waals surface area contributed by atoms with Crippen molar-refractivity contribution >= 4 is 41.0 Å². The Bertz CT molecular complexity index is 1560. The van der Waals surface area contributed by atoms with E-state index in [9.17, 15) is 42.0 Å². The van der Waals surface area contributed by atoms with E-state index in [1.54, 1.807) is 12.1 Å². The third kappa shape index (κ3) is 5.16. The maximum atomic E-state index is 15.2. The number of aromatic nitrogens is 1. The molecule has 4 amide bonds. The van der Waals surface area contributed by atoms with Crippen molar-refractivity contribution in [3.05, 3.63) is 18.3 Å². The van der Waals surface area contributed by atoms with Crippen molar-refractivity contribution in [2.24, 2.45) is 29.1 Å². The van der Waals surface area contributed by atoms with Gasteiger partial charge in [-0.05, 0) is 54.1 Å². The Kier molecular flexibility index (Phi) is 7.69. The molecule has 0 radical (unpaired) electrons. The first-order chi connectivity index (χ1) is 21.8. The van der Waals surface area contributed by atoms with Gasteiger partial charge in [0.2, 0.25) is 17.4 Å². The number of carbonyl (C=O) groups is 4. The SMILES string of the molecule is CC(C)(C)C(NC(=O)C(F)(Cl)C(F)(F)F)C(=O)N1CC2C3CC(F)C(C3)C2C1C(=O)N1CC2(CC1C#N)Oc1cccnc1NC2=O. The molecule has 4 fully saturated rings. The molecule has 3 aliphatic heterocycles. The van der Waals surface area contributed by atoms with E-state index in [4.69, 9.17) is 16.3 Å². The molecule has 6 rings (SSSR count). The van der Waals surface area contributed by atoms with Gasteiger partial charge in [0.05, 0.1) is 12.6 Å². The average Bonchev–Trinajstić information content (AvgIpc) is 3.74. The molecule has 17 heteroatoms. The van der Waals surface area contributed by atoms with Crippen molar-refractivity contribution in [2.45, 2.75) is 81.2 Å². The van der Waals surface area contributed by atoms with Crippen molar-refractivity contribution in [1.82, 2.24) is 20.1 Å². The van der Waals surface area contributed by atoms with E-state index in [1.165, 1.54) is 27.0 Å². The lowest BCUT2D eigenvalue weighted by Gasteiger charge is -2.39. The molecule has 2 saturated heterocycles. The first-order valence-corrected chi connectivity index (χ1v) is 15.5. The van der Waals surface area contributed by atoms with Gasteiger partial charge in [-0.25, -0.2) is 13.8 Å². The molecular formula is C30H32ClF5N6O5. The third-order valence-corrected chi connectivity index (χ3v) is 10.7. The van der Waals surface area contributed by atoms with E-state index in [-0.39, 0.29) is 42.8 Å². The Labute approximate surface area is 271 Å². The summed E-state index contributed by atoms with van der Waals surface area (Å²) >= 11 is 4.96. The Balaban J connectivity index is 1.34. The second-order valence-corrected chi connectivity index (χ2v) is 14.7. The van der Waals surface area contributed by atoms with Crippen LogP contribution in [0, 0.1) is 40.4 Å². The number of rotatable bonds is 4. The number of nitriles is 1. The summed E-state index contributed by atoms with van der Waals surface area (Å²) < 4.78 is 75.5. The van der Waals surface area contributed by atoms with Gasteiger partial charge in [-0.3, -0.25) is 19.2 Å². The van der Waals surface area contributed by atoms with Gasteiger partial charge in [0.1, 0.15) is 24.3 Å². The fraction of sp³-hybridized carbons (Fsp3) is 0.667. The van der Waals surface area contributed by atoms with Crippen LogP contribution in [0.2, 0.25) is 0 Å². The first-order valence-electron chi connectivity index (χ1n) is 15.2. The number of hydrogen-bond acceptors (Lipinski definition) is 7. The molecule has 5 aliphatic rings. The summed E-state index contributed by atoms with van der Waals surface area (Å²) in [4.78, 5) is 60.9. The number of carbonyl (C=O) groups excluding carboxylic acids is 4. The fourth-order valence-electron chi connectivity index (χ4n) is 8.09. The molecule has 1 spiro atoms. The topological polar surface area (TPSA) is 145 Å². The number of likely N-dealkylation sites (tertiary alicyclic amines) is 2. The second-order valence-electron chi connectivity index (χ2n) is 14.1. The highest BCUT2D eigenvalue weighted by Crippen LogP contribution is 2.59. The van der Waals surface area contributed by atoms with E-state index in [1.807, 2.05) is 11.4 Å². The van der Waals surface area contributed by atoms with Crippen LogP contribution in [0.3, 0.4) is 0 Å². The summed E-state index contributed by atoms with van der Waals surface area (Å²) in [5.74, 6) is -6.19. The number of anilines is 1. The summed E-state index contributed by atoms with van der Waals surface area (Å²) in [5, 5.41) is 9.71. The lowest BCUT2D eigenvalue weighted by atomic mass is 9.77. The predicted molar refractivity (Wildman–Crippen MR) is 153 cm³/mol. The van der Waals surface area contributed by atoms with Crippen LogP contribution in [0.25, 0.3) is 0 Å². The van der Waals surface area contributed by atoms with Crippen LogP contribution in [-0.2, 0) is 19.2 Å². The Morgan fingerprint density at radius 3 is 2.53 bits per heavy atom. The summed E-state index contributed by atoms with van der Waals surface area (Å²) in [6, 6.07) is 0.778. The molecule has 2 aliphatic carbocycles.